The van der Waals surface area contributed by atoms with E-state index in [1.165, 1.54) is 6.42 Å². The zero-order chi connectivity index (χ0) is 18.5. The number of nitro benzene ring substituents is 1. The zero-order valence-corrected chi connectivity index (χ0v) is 14.6. The number of amides is 1. The van der Waals surface area contributed by atoms with E-state index in [9.17, 15) is 19.3 Å². The van der Waals surface area contributed by atoms with Crippen LogP contribution in [0.1, 0.15) is 38.1 Å². The summed E-state index contributed by atoms with van der Waals surface area (Å²) in [5.74, 6) is -1.26. The van der Waals surface area contributed by atoms with E-state index in [0.29, 0.717) is 5.16 Å². The molecule has 1 fully saturated rings. The third-order valence-electron chi connectivity index (χ3n) is 4.15. The van der Waals surface area contributed by atoms with E-state index in [1.807, 2.05) is 0 Å². The first-order valence-electron chi connectivity index (χ1n) is 8.19. The third-order valence-corrected chi connectivity index (χ3v) is 5.08. The third kappa shape index (κ3) is 4.34. The number of nitrogens with zero attached hydrogens (tertiary/aromatic N) is 5. The van der Waals surface area contributed by atoms with Crippen LogP contribution >= 0.6 is 11.8 Å². The van der Waals surface area contributed by atoms with Crippen molar-refractivity contribution in [2.45, 2.75) is 43.3 Å². The molecule has 0 aliphatic heterocycles. The summed E-state index contributed by atoms with van der Waals surface area (Å²) in [6.45, 7) is 0. The Balaban J connectivity index is 1.61. The van der Waals surface area contributed by atoms with Crippen LogP contribution in [0.25, 0.3) is 0 Å². The first-order valence-corrected chi connectivity index (χ1v) is 9.17. The van der Waals surface area contributed by atoms with Crippen molar-refractivity contribution in [2.75, 3.05) is 11.1 Å². The van der Waals surface area contributed by atoms with Gasteiger partial charge in [0.2, 0.25) is 11.1 Å². The summed E-state index contributed by atoms with van der Waals surface area (Å²) >= 11 is 1.15. The summed E-state index contributed by atoms with van der Waals surface area (Å²) < 4.78 is 15.5. The van der Waals surface area contributed by atoms with Crippen molar-refractivity contribution in [3.8, 4) is 0 Å². The van der Waals surface area contributed by atoms with Crippen molar-refractivity contribution in [3.63, 3.8) is 0 Å². The van der Waals surface area contributed by atoms with E-state index < -0.39 is 16.6 Å². The summed E-state index contributed by atoms with van der Waals surface area (Å²) in [6, 6.07) is 3.21. The number of anilines is 1. The smallest absolute Gasteiger partial charge is 0.271 e. The molecule has 9 nitrogen and oxygen atoms in total. The number of hydrogen-bond acceptors (Lipinski definition) is 7. The Kier molecular flexibility index (Phi) is 5.76. The van der Waals surface area contributed by atoms with Gasteiger partial charge in [0.1, 0.15) is 5.82 Å². The average Bonchev–Trinajstić information content (AvgIpc) is 3.11. The van der Waals surface area contributed by atoms with Gasteiger partial charge >= 0.3 is 0 Å². The largest absolute Gasteiger partial charge is 0.323 e. The van der Waals surface area contributed by atoms with Gasteiger partial charge in [0.25, 0.3) is 5.69 Å². The van der Waals surface area contributed by atoms with Gasteiger partial charge in [-0.05, 0) is 29.3 Å². The van der Waals surface area contributed by atoms with Gasteiger partial charge in [0.15, 0.2) is 0 Å². The number of carbonyl (C=O) groups is 1. The fourth-order valence-electron chi connectivity index (χ4n) is 2.87. The van der Waals surface area contributed by atoms with Crippen LogP contribution in [0.5, 0.6) is 0 Å². The van der Waals surface area contributed by atoms with Crippen molar-refractivity contribution < 1.29 is 14.1 Å². The molecule has 1 aliphatic carbocycles. The van der Waals surface area contributed by atoms with Gasteiger partial charge < -0.3 is 5.32 Å². The minimum absolute atomic E-state index is 0.0325. The number of rotatable bonds is 6. The number of carbonyl (C=O) groups excluding carboxylic acids is 1. The van der Waals surface area contributed by atoms with E-state index >= 15 is 0 Å². The van der Waals surface area contributed by atoms with E-state index in [0.717, 1.165) is 55.6 Å². The SMILES string of the molecule is O=C(CSc1nnnn1C1CCCCC1)Nc1cc([N+](=O)[O-])ccc1F. The molecule has 2 aromatic rings. The average molecular weight is 380 g/mol. The number of tetrazole rings is 1. The molecule has 1 aliphatic rings. The van der Waals surface area contributed by atoms with Crippen LogP contribution in [0.3, 0.4) is 0 Å². The Bertz CT molecular complexity index is 808. The van der Waals surface area contributed by atoms with Crippen LogP contribution < -0.4 is 5.32 Å². The lowest BCUT2D eigenvalue weighted by atomic mass is 9.96. The molecule has 1 aromatic carbocycles. The van der Waals surface area contributed by atoms with Crippen LogP contribution in [0.4, 0.5) is 15.8 Å². The first-order chi connectivity index (χ1) is 12.5. The maximum atomic E-state index is 13.7. The molecule has 26 heavy (non-hydrogen) atoms. The number of thioether (sulfide) groups is 1. The quantitative estimate of drug-likeness (QED) is 0.465. The first kappa shape index (κ1) is 18.2. The fourth-order valence-corrected chi connectivity index (χ4v) is 3.62. The summed E-state index contributed by atoms with van der Waals surface area (Å²) in [6.07, 6.45) is 5.47. The lowest BCUT2D eigenvalue weighted by Gasteiger charge is -2.21. The summed E-state index contributed by atoms with van der Waals surface area (Å²) in [7, 11) is 0. The number of benzene rings is 1. The summed E-state index contributed by atoms with van der Waals surface area (Å²) in [4.78, 5) is 22.2. The van der Waals surface area contributed by atoms with Gasteiger partial charge in [-0.2, -0.15) is 0 Å². The molecule has 1 aromatic heterocycles. The summed E-state index contributed by atoms with van der Waals surface area (Å²) in [5.41, 5.74) is -0.521. The number of halogens is 1. The molecular weight excluding hydrogens is 363 g/mol. The second kappa shape index (κ2) is 8.21. The maximum Gasteiger partial charge on any atom is 0.271 e. The molecule has 138 valence electrons. The van der Waals surface area contributed by atoms with Gasteiger partial charge in [-0.1, -0.05) is 31.0 Å². The highest BCUT2D eigenvalue weighted by atomic mass is 32.2. The second-order valence-electron chi connectivity index (χ2n) is 5.96. The van der Waals surface area contributed by atoms with Crippen molar-refractivity contribution >= 4 is 29.0 Å². The topological polar surface area (TPSA) is 116 Å². The molecule has 11 heteroatoms. The van der Waals surface area contributed by atoms with Gasteiger partial charge in [-0.15, -0.1) is 5.10 Å². The highest BCUT2D eigenvalue weighted by molar-refractivity contribution is 7.99. The Morgan fingerprint density at radius 3 is 2.88 bits per heavy atom. The molecule has 3 rings (SSSR count). The molecule has 0 bridgehead atoms. The van der Waals surface area contributed by atoms with Gasteiger partial charge in [-0.25, -0.2) is 9.07 Å². The van der Waals surface area contributed by atoms with E-state index in [-0.39, 0.29) is 23.2 Å². The molecule has 1 saturated carbocycles. The Labute approximate surface area is 152 Å². The molecule has 0 radical (unpaired) electrons. The fraction of sp³-hybridized carbons (Fsp3) is 0.467. The molecule has 0 spiro atoms. The van der Waals surface area contributed by atoms with Crippen LogP contribution in [-0.4, -0.2) is 36.8 Å². The molecule has 0 unspecified atom stereocenters. The molecule has 0 saturated heterocycles. The van der Waals surface area contributed by atoms with E-state index in [2.05, 4.69) is 20.8 Å². The van der Waals surface area contributed by atoms with Gasteiger partial charge in [0.05, 0.1) is 22.4 Å². The Morgan fingerprint density at radius 2 is 2.15 bits per heavy atom. The van der Waals surface area contributed by atoms with Gasteiger partial charge in [0, 0.05) is 12.1 Å². The predicted octanol–water partition coefficient (Wildman–Crippen LogP) is 2.96. The molecule has 1 amide bonds. The lowest BCUT2D eigenvalue weighted by Crippen LogP contribution is -2.18. The molecule has 1 heterocycles. The number of hydrogen-bond donors (Lipinski definition) is 1. The molecule has 0 atom stereocenters. The van der Waals surface area contributed by atoms with Crippen molar-refractivity contribution in [1.29, 1.82) is 0 Å². The Hall–Kier alpha value is -2.56. The lowest BCUT2D eigenvalue weighted by molar-refractivity contribution is -0.384. The number of nitrogens with one attached hydrogen (secondary N) is 1. The van der Waals surface area contributed by atoms with E-state index in [4.69, 9.17) is 0 Å². The van der Waals surface area contributed by atoms with Gasteiger partial charge in [-0.3, -0.25) is 14.9 Å². The van der Waals surface area contributed by atoms with Crippen molar-refractivity contribution in [2.24, 2.45) is 0 Å². The van der Waals surface area contributed by atoms with Crippen LogP contribution in [0.15, 0.2) is 23.4 Å². The number of aromatic nitrogens is 4. The zero-order valence-electron chi connectivity index (χ0n) is 13.8. The van der Waals surface area contributed by atoms with Crippen molar-refractivity contribution in [3.05, 3.63) is 34.1 Å². The maximum absolute atomic E-state index is 13.7. The summed E-state index contributed by atoms with van der Waals surface area (Å²) in [5, 5.41) is 25.3. The van der Waals surface area contributed by atoms with Crippen LogP contribution in [-0.2, 0) is 4.79 Å². The molecule has 1 N–H and O–H groups in total. The van der Waals surface area contributed by atoms with Crippen LogP contribution in [0, 0.1) is 15.9 Å². The van der Waals surface area contributed by atoms with Crippen LogP contribution in [0.2, 0.25) is 0 Å². The van der Waals surface area contributed by atoms with Crippen molar-refractivity contribution in [1.82, 2.24) is 20.2 Å². The predicted molar refractivity (Wildman–Crippen MR) is 92.3 cm³/mol. The number of nitro groups is 1. The standard InChI is InChI=1S/C15H17FN6O3S/c16-12-7-6-11(22(24)25)8-13(12)17-14(23)9-26-15-18-19-20-21(15)10-4-2-1-3-5-10/h6-8,10H,1-5,9H2,(H,17,23). The minimum atomic E-state index is -0.735. The number of non-ortho nitro benzene ring substituents is 1. The van der Waals surface area contributed by atoms with E-state index in [1.54, 1.807) is 4.68 Å². The highest BCUT2D eigenvalue weighted by Crippen LogP contribution is 2.30. The normalized spacial score (nSPS) is 15.0. The monoisotopic (exact) mass is 380 g/mol. The Morgan fingerprint density at radius 1 is 1.38 bits per heavy atom. The second-order valence-corrected chi connectivity index (χ2v) is 6.90. The molecular formula is C15H17FN6O3S. The minimum Gasteiger partial charge on any atom is -0.323 e. The highest BCUT2D eigenvalue weighted by Gasteiger charge is 2.21.